The molecule has 21 heavy (non-hydrogen) atoms. The van der Waals surface area contributed by atoms with Crippen LogP contribution >= 0.6 is 0 Å². The second kappa shape index (κ2) is 6.69. The molecule has 0 unspecified atom stereocenters. The van der Waals surface area contributed by atoms with Crippen LogP contribution < -0.4 is 10.1 Å². The van der Waals surface area contributed by atoms with Gasteiger partial charge in [0.05, 0.1) is 11.0 Å². The molecule has 8 heteroatoms. The summed E-state index contributed by atoms with van der Waals surface area (Å²) in [7, 11) is 0. The van der Waals surface area contributed by atoms with Gasteiger partial charge in [0.2, 0.25) is 6.39 Å². The number of nitrogens with zero attached hydrogens (tertiary/aromatic N) is 3. The molecule has 0 spiro atoms. The Morgan fingerprint density at radius 1 is 1.48 bits per heavy atom. The maximum absolute atomic E-state index is 11.0. The number of benzene rings is 1. The molecule has 0 saturated carbocycles. The zero-order valence-electron chi connectivity index (χ0n) is 11.8. The average molecular weight is 292 g/mol. The minimum absolute atomic E-state index is 0.0487. The zero-order chi connectivity index (χ0) is 15.2. The molecule has 0 aliphatic rings. The molecule has 2 aromatic rings. The van der Waals surface area contributed by atoms with E-state index in [1.807, 2.05) is 13.8 Å². The van der Waals surface area contributed by atoms with E-state index in [-0.39, 0.29) is 17.5 Å². The van der Waals surface area contributed by atoms with E-state index in [1.165, 1.54) is 12.5 Å². The molecule has 2 rings (SSSR count). The first-order valence-electron chi connectivity index (χ1n) is 6.50. The number of ether oxygens (including phenoxy) is 1. The third-order valence-corrected chi connectivity index (χ3v) is 2.60. The molecule has 0 bridgehead atoms. The van der Waals surface area contributed by atoms with Crippen molar-refractivity contribution in [2.24, 2.45) is 0 Å². The van der Waals surface area contributed by atoms with Gasteiger partial charge < -0.3 is 14.6 Å². The number of hydrogen-bond acceptors (Lipinski definition) is 7. The predicted octanol–water partition coefficient (Wildman–Crippen LogP) is 2.42. The van der Waals surface area contributed by atoms with Crippen molar-refractivity contribution in [3.8, 4) is 5.75 Å². The second-order valence-corrected chi connectivity index (χ2v) is 4.63. The summed E-state index contributed by atoms with van der Waals surface area (Å²) in [6.45, 7) is 4.22. The summed E-state index contributed by atoms with van der Waals surface area (Å²) >= 11 is 0. The molecule has 0 fully saturated rings. The van der Waals surface area contributed by atoms with Crippen LogP contribution in [0, 0.1) is 10.1 Å². The molecule has 0 radical (unpaired) electrons. The maximum atomic E-state index is 11.0. The van der Waals surface area contributed by atoms with Crippen LogP contribution in [0.4, 0.5) is 11.4 Å². The molecule has 1 N–H and O–H groups in total. The van der Waals surface area contributed by atoms with E-state index < -0.39 is 4.92 Å². The molecular formula is C13H16N4O4. The van der Waals surface area contributed by atoms with Crippen LogP contribution in [0.15, 0.2) is 29.1 Å². The van der Waals surface area contributed by atoms with Crippen molar-refractivity contribution in [3.05, 3.63) is 40.5 Å². The predicted molar refractivity (Wildman–Crippen MR) is 75.4 cm³/mol. The van der Waals surface area contributed by atoms with Crippen LogP contribution in [0.1, 0.15) is 19.7 Å². The summed E-state index contributed by atoms with van der Waals surface area (Å²) in [6.07, 6.45) is 1.72. The van der Waals surface area contributed by atoms with Crippen molar-refractivity contribution in [1.29, 1.82) is 0 Å². The van der Waals surface area contributed by atoms with Crippen molar-refractivity contribution in [3.63, 3.8) is 0 Å². The summed E-state index contributed by atoms with van der Waals surface area (Å²) in [5, 5.41) is 17.8. The van der Waals surface area contributed by atoms with E-state index in [9.17, 15) is 10.1 Å². The van der Waals surface area contributed by atoms with Crippen LogP contribution in [-0.2, 0) is 6.42 Å². The van der Waals surface area contributed by atoms with Gasteiger partial charge in [0.15, 0.2) is 11.6 Å². The van der Waals surface area contributed by atoms with Crippen molar-refractivity contribution >= 4 is 11.4 Å². The van der Waals surface area contributed by atoms with Gasteiger partial charge in [0, 0.05) is 30.8 Å². The number of nitrogens with one attached hydrogen (secondary N) is 1. The molecule has 0 aliphatic carbocycles. The van der Waals surface area contributed by atoms with Gasteiger partial charge in [-0.3, -0.25) is 10.1 Å². The number of nitro groups is 1. The number of nitro benzene ring substituents is 1. The minimum atomic E-state index is -0.458. The molecule has 0 amide bonds. The van der Waals surface area contributed by atoms with E-state index >= 15 is 0 Å². The van der Waals surface area contributed by atoms with Gasteiger partial charge in [-0.1, -0.05) is 5.16 Å². The molecule has 0 saturated heterocycles. The Bertz CT molecular complexity index is 598. The fraction of sp³-hybridized carbons (Fsp3) is 0.385. The lowest BCUT2D eigenvalue weighted by molar-refractivity contribution is -0.386. The fourth-order valence-electron chi connectivity index (χ4n) is 1.74. The highest BCUT2D eigenvalue weighted by atomic mass is 16.6. The van der Waals surface area contributed by atoms with Crippen LogP contribution in [0.5, 0.6) is 5.75 Å². The lowest BCUT2D eigenvalue weighted by Crippen LogP contribution is -2.09. The second-order valence-electron chi connectivity index (χ2n) is 4.63. The Balaban J connectivity index is 2.04. The largest absolute Gasteiger partial charge is 0.484 e. The van der Waals surface area contributed by atoms with Gasteiger partial charge >= 0.3 is 5.69 Å². The lowest BCUT2D eigenvalue weighted by atomic mass is 10.2. The van der Waals surface area contributed by atoms with Gasteiger partial charge in [-0.05, 0) is 19.9 Å². The average Bonchev–Trinajstić information content (AvgIpc) is 2.91. The quantitative estimate of drug-likeness (QED) is 0.617. The van der Waals surface area contributed by atoms with E-state index in [2.05, 4.69) is 20.0 Å². The van der Waals surface area contributed by atoms with Gasteiger partial charge in [-0.25, -0.2) is 0 Å². The van der Waals surface area contributed by atoms with Crippen LogP contribution in [0.3, 0.4) is 0 Å². The third-order valence-electron chi connectivity index (χ3n) is 2.60. The van der Waals surface area contributed by atoms with Crippen LogP contribution in [0.2, 0.25) is 0 Å². The van der Waals surface area contributed by atoms with Crippen LogP contribution in [0.25, 0.3) is 0 Å². The zero-order valence-corrected chi connectivity index (χ0v) is 11.8. The minimum Gasteiger partial charge on any atom is -0.484 e. The summed E-state index contributed by atoms with van der Waals surface area (Å²) in [6, 6.07) is 4.68. The van der Waals surface area contributed by atoms with E-state index in [4.69, 9.17) is 4.74 Å². The third kappa shape index (κ3) is 4.16. The molecular weight excluding hydrogens is 276 g/mol. The number of anilines is 1. The first kappa shape index (κ1) is 14.8. The molecule has 8 nitrogen and oxygen atoms in total. The number of hydrogen-bond donors (Lipinski definition) is 1. The molecule has 0 atom stereocenters. The SMILES string of the molecule is CC(C)Oc1cc(NCCc2ncon2)ccc1[N+](=O)[O-]. The summed E-state index contributed by atoms with van der Waals surface area (Å²) < 4.78 is 10.1. The smallest absolute Gasteiger partial charge is 0.311 e. The summed E-state index contributed by atoms with van der Waals surface area (Å²) in [5.41, 5.74) is 0.687. The fourth-order valence-corrected chi connectivity index (χ4v) is 1.74. The first-order chi connectivity index (χ1) is 10.1. The van der Waals surface area contributed by atoms with Gasteiger partial charge in [0.1, 0.15) is 0 Å². The van der Waals surface area contributed by atoms with Crippen molar-refractivity contribution in [2.75, 3.05) is 11.9 Å². The monoisotopic (exact) mass is 292 g/mol. The summed E-state index contributed by atoms with van der Waals surface area (Å²) in [4.78, 5) is 14.4. The summed E-state index contributed by atoms with van der Waals surface area (Å²) in [5.74, 6) is 0.850. The molecule has 1 aromatic carbocycles. The Morgan fingerprint density at radius 3 is 2.90 bits per heavy atom. The Kier molecular flexibility index (Phi) is 4.70. The highest BCUT2D eigenvalue weighted by Gasteiger charge is 2.16. The highest BCUT2D eigenvalue weighted by molar-refractivity contribution is 5.58. The Labute approximate surface area is 121 Å². The topological polar surface area (TPSA) is 103 Å². The molecule has 1 aromatic heterocycles. The standard InChI is InChI=1S/C13H16N4O4/c1-9(2)21-12-7-10(3-4-11(12)17(18)19)14-6-5-13-15-8-20-16-13/h3-4,7-9,14H,5-6H2,1-2H3. The van der Waals surface area contributed by atoms with Gasteiger partial charge in [-0.2, -0.15) is 4.98 Å². The molecule has 1 heterocycles. The van der Waals surface area contributed by atoms with E-state index in [0.717, 1.165) is 5.69 Å². The van der Waals surface area contributed by atoms with E-state index in [0.29, 0.717) is 18.8 Å². The van der Waals surface area contributed by atoms with Crippen molar-refractivity contribution < 1.29 is 14.2 Å². The Hall–Kier alpha value is -2.64. The number of rotatable bonds is 7. The maximum Gasteiger partial charge on any atom is 0.311 e. The van der Waals surface area contributed by atoms with Crippen molar-refractivity contribution in [1.82, 2.24) is 10.1 Å². The normalized spacial score (nSPS) is 10.6. The number of aromatic nitrogens is 2. The van der Waals surface area contributed by atoms with Crippen molar-refractivity contribution in [2.45, 2.75) is 26.4 Å². The first-order valence-corrected chi connectivity index (χ1v) is 6.50. The Morgan fingerprint density at radius 2 is 2.29 bits per heavy atom. The lowest BCUT2D eigenvalue weighted by Gasteiger charge is -2.12. The van der Waals surface area contributed by atoms with Gasteiger partial charge in [-0.15, -0.1) is 0 Å². The molecule has 112 valence electrons. The van der Waals surface area contributed by atoms with Gasteiger partial charge in [0.25, 0.3) is 0 Å². The van der Waals surface area contributed by atoms with E-state index in [1.54, 1.807) is 12.1 Å². The highest BCUT2D eigenvalue weighted by Crippen LogP contribution is 2.30. The van der Waals surface area contributed by atoms with Crippen LogP contribution in [-0.4, -0.2) is 27.7 Å². The molecule has 0 aliphatic heterocycles.